The van der Waals surface area contributed by atoms with Crippen LogP contribution in [0.15, 0.2) is 36.4 Å². The van der Waals surface area contributed by atoms with Crippen LogP contribution in [0.3, 0.4) is 0 Å². The van der Waals surface area contributed by atoms with Crippen molar-refractivity contribution in [2.45, 2.75) is 27.2 Å². The van der Waals surface area contributed by atoms with Crippen molar-refractivity contribution < 1.29 is 23.8 Å². The van der Waals surface area contributed by atoms with Crippen LogP contribution in [0.4, 0.5) is 5.69 Å². The zero-order valence-electron chi connectivity index (χ0n) is 17.1. The summed E-state index contributed by atoms with van der Waals surface area (Å²) in [5.74, 6) is 0.451. The number of amides is 1. The number of carbonyl (C=O) groups is 2. The van der Waals surface area contributed by atoms with Crippen molar-refractivity contribution in [3.63, 3.8) is 0 Å². The summed E-state index contributed by atoms with van der Waals surface area (Å²) in [6, 6.07) is 9.88. The van der Waals surface area contributed by atoms with E-state index in [1.54, 1.807) is 30.3 Å². The minimum Gasteiger partial charge on any atom is -0.493 e. The van der Waals surface area contributed by atoms with Gasteiger partial charge in [-0.3, -0.25) is 4.79 Å². The van der Waals surface area contributed by atoms with Gasteiger partial charge in [-0.2, -0.15) is 0 Å². The van der Waals surface area contributed by atoms with Gasteiger partial charge in [-0.15, -0.1) is 0 Å². The fourth-order valence-electron chi connectivity index (χ4n) is 2.49. The van der Waals surface area contributed by atoms with Gasteiger partial charge in [0.1, 0.15) is 0 Å². The fourth-order valence-corrected chi connectivity index (χ4v) is 2.71. The fraction of sp³-hybridized carbons (Fsp3) is 0.364. The first-order valence-corrected chi connectivity index (χ1v) is 9.72. The van der Waals surface area contributed by atoms with Crippen LogP contribution in [-0.4, -0.2) is 32.2 Å². The van der Waals surface area contributed by atoms with Gasteiger partial charge >= 0.3 is 5.97 Å². The molecule has 1 N–H and O–H groups in total. The Kier molecular flexibility index (Phi) is 8.34. The van der Waals surface area contributed by atoms with Crippen molar-refractivity contribution in [2.75, 3.05) is 25.6 Å². The summed E-state index contributed by atoms with van der Waals surface area (Å²) in [6.45, 7) is 6.21. The normalized spacial score (nSPS) is 10.6. The van der Waals surface area contributed by atoms with E-state index in [-0.39, 0.29) is 5.56 Å². The van der Waals surface area contributed by atoms with Gasteiger partial charge in [0.25, 0.3) is 5.91 Å². The number of esters is 1. The van der Waals surface area contributed by atoms with Crippen molar-refractivity contribution in [1.82, 2.24) is 0 Å². The molecule has 2 aromatic carbocycles. The molecule has 0 fully saturated rings. The average Bonchev–Trinajstić information content (AvgIpc) is 2.68. The first-order valence-electron chi connectivity index (χ1n) is 9.34. The molecule has 0 atom stereocenters. The molecular formula is C22H26ClNO5. The maximum atomic E-state index is 12.3. The molecule has 0 bridgehead atoms. The monoisotopic (exact) mass is 419 g/mol. The third-order valence-corrected chi connectivity index (χ3v) is 4.38. The molecule has 6 nitrogen and oxygen atoms in total. The number of nitrogens with one attached hydrogen (secondary N) is 1. The van der Waals surface area contributed by atoms with Crippen LogP contribution in [0.2, 0.25) is 5.02 Å². The maximum absolute atomic E-state index is 12.3. The number of rotatable bonds is 9. The number of ether oxygens (including phenoxy) is 3. The topological polar surface area (TPSA) is 73.9 Å². The minimum absolute atomic E-state index is 0.272. The molecule has 2 aromatic rings. The van der Waals surface area contributed by atoms with Gasteiger partial charge in [0.2, 0.25) is 0 Å². The second-order valence-corrected chi connectivity index (χ2v) is 7.42. The number of carbonyl (C=O) groups excluding carboxylic acids is 2. The lowest BCUT2D eigenvalue weighted by Gasteiger charge is -2.13. The molecule has 0 aromatic heterocycles. The summed E-state index contributed by atoms with van der Waals surface area (Å²) in [7, 11) is 1.50. The zero-order chi connectivity index (χ0) is 21.4. The molecule has 0 saturated heterocycles. The van der Waals surface area contributed by atoms with Gasteiger partial charge in [0, 0.05) is 10.7 Å². The highest BCUT2D eigenvalue weighted by atomic mass is 35.5. The third kappa shape index (κ3) is 6.98. The van der Waals surface area contributed by atoms with Crippen molar-refractivity contribution in [2.24, 2.45) is 5.92 Å². The molecule has 0 saturated carbocycles. The van der Waals surface area contributed by atoms with Crippen LogP contribution in [0, 0.1) is 12.8 Å². The lowest BCUT2D eigenvalue weighted by molar-refractivity contribution is -0.119. The van der Waals surface area contributed by atoms with Crippen molar-refractivity contribution in [1.29, 1.82) is 0 Å². The van der Waals surface area contributed by atoms with E-state index in [1.165, 1.54) is 13.2 Å². The molecule has 0 heterocycles. The van der Waals surface area contributed by atoms with E-state index in [2.05, 4.69) is 19.2 Å². The number of methoxy groups -OCH3 is 1. The Bertz CT molecular complexity index is 866. The molecule has 0 radical (unpaired) electrons. The van der Waals surface area contributed by atoms with E-state index in [4.69, 9.17) is 25.8 Å². The Morgan fingerprint density at radius 2 is 1.86 bits per heavy atom. The van der Waals surface area contributed by atoms with Crippen LogP contribution < -0.4 is 14.8 Å². The molecule has 0 unspecified atom stereocenters. The molecule has 0 aliphatic heterocycles. The Hall–Kier alpha value is -2.73. The minimum atomic E-state index is -0.625. The summed E-state index contributed by atoms with van der Waals surface area (Å²) in [6.07, 6.45) is 0.912. The Morgan fingerprint density at radius 1 is 1.10 bits per heavy atom. The highest BCUT2D eigenvalue weighted by Gasteiger charge is 2.15. The standard InChI is InChI=1S/C22H26ClNO5/c1-14(2)9-10-28-19-8-5-16(12-20(19)27-4)22(26)29-13-21(25)24-18-7-6-17(23)11-15(18)3/h5-8,11-12,14H,9-10,13H2,1-4H3,(H,24,25). The van der Waals surface area contributed by atoms with Crippen LogP contribution >= 0.6 is 11.6 Å². The van der Waals surface area contributed by atoms with Gasteiger partial charge in [0.15, 0.2) is 18.1 Å². The second kappa shape index (κ2) is 10.7. The number of hydrogen-bond acceptors (Lipinski definition) is 5. The highest BCUT2D eigenvalue weighted by molar-refractivity contribution is 6.30. The van der Waals surface area contributed by atoms with E-state index >= 15 is 0 Å². The van der Waals surface area contributed by atoms with Crippen LogP contribution in [0.1, 0.15) is 36.2 Å². The van der Waals surface area contributed by atoms with Crippen molar-refractivity contribution in [3.05, 3.63) is 52.5 Å². The Labute approximate surface area is 176 Å². The lowest BCUT2D eigenvalue weighted by Crippen LogP contribution is -2.21. The molecule has 29 heavy (non-hydrogen) atoms. The lowest BCUT2D eigenvalue weighted by atomic mass is 10.1. The van der Waals surface area contributed by atoms with E-state index in [0.717, 1.165) is 12.0 Å². The molecule has 2 rings (SSSR count). The van der Waals surface area contributed by atoms with Crippen molar-refractivity contribution in [3.8, 4) is 11.5 Å². The van der Waals surface area contributed by atoms with E-state index in [1.807, 2.05) is 6.92 Å². The number of anilines is 1. The predicted molar refractivity (Wildman–Crippen MR) is 113 cm³/mol. The summed E-state index contributed by atoms with van der Waals surface area (Å²) in [5, 5.41) is 3.27. The maximum Gasteiger partial charge on any atom is 0.338 e. The molecule has 0 spiro atoms. The molecule has 0 aliphatic rings. The Balaban J connectivity index is 1.93. The highest BCUT2D eigenvalue weighted by Crippen LogP contribution is 2.28. The molecule has 156 valence electrons. The van der Waals surface area contributed by atoms with Crippen molar-refractivity contribution >= 4 is 29.2 Å². The predicted octanol–water partition coefficient (Wildman–Crippen LogP) is 4.88. The Morgan fingerprint density at radius 3 is 2.52 bits per heavy atom. The zero-order valence-corrected chi connectivity index (χ0v) is 17.8. The quantitative estimate of drug-likeness (QED) is 0.586. The third-order valence-electron chi connectivity index (χ3n) is 4.15. The van der Waals surface area contributed by atoms with Gasteiger partial charge in [-0.25, -0.2) is 4.79 Å². The smallest absolute Gasteiger partial charge is 0.338 e. The molecule has 7 heteroatoms. The van der Waals surface area contributed by atoms with E-state index in [9.17, 15) is 9.59 Å². The second-order valence-electron chi connectivity index (χ2n) is 6.98. The van der Waals surface area contributed by atoms with Gasteiger partial charge < -0.3 is 19.5 Å². The summed E-state index contributed by atoms with van der Waals surface area (Å²) < 4.78 is 16.1. The van der Waals surface area contributed by atoms with E-state index in [0.29, 0.717) is 34.7 Å². The summed E-state index contributed by atoms with van der Waals surface area (Å²) in [5.41, 5.74) is 1.70. The molecule has 0 aliphatic carbocycles. The summed E-state index contributed by atoms with van der Waals surface area (Å²) >= 11 is 5.90. The SMILES string of the molecule is COc1cc(C(=O)OCC(=O)Nc2ccc(Cl)cc2C)ccc1OCCC(C)C. The van der Waals surface area contributed by atoms with Crippen LogP contribution in [0.25, 0.3) is 0 Å². The number of benzene rings is 2. The van der Waals surface area contributed by atoms with Gasteiger partial charge in [-0.1, -0.05) is 25.4 Å². The summed E-state index contributed by atoms with van der Waals surface area (Å²) in [4.78, 5) is 24.3. The average molecular weight is 420 g/mol. The van der Waals surface area contributed by atoms with Gasteiger partial charge in [0.05, 0.1) is 19.3 Å². The van der Waals surface area contributed by atoms with Crippen LogP contribution in [0.5, 0.6) is 11.5 Å². The van der Waals surface area contributed by atoms with Gasteiger partial charge in [-0.05, 0) is 61.2 Å². The largest absolute Gasteiger partial charge is 0.493 e. The van der Waals surface area contributed by atoms with Crippen LogP contribution in [-0.2, 0) is 9.53 Å². The first kappa shape index (κ1) is 22.6. The molecular weight excluding hydrogens is 394 g/mol. The van der Waals surface area contributed by atoms with E-state index < -0.39 is 18.5 Å². The number of halogens is 1. The number of aryl methyl sites for hydroxylation is 1. The first-order chi connectivity index (χ1) is 13.8. The molecule has 1 amide bonds. The number of hydrogen-bond donors (Lipinski definition) is 1.